The van der Waals surface area contributed by atoms with Crippen LogP contribution in [0.5, 0.6) is 11.5 Å². The molecule has 21 heavy (non-hydrogen) atoms. The number of benzene rings is 1. The van der Waals surface area contributed by atoms with E-state index in [2.05, 4.69) is 29.4 Å². The standard InChI is InChI=1S/C17H28N2O2/c1-13(2)21-16-8-5-14(11-17(16)20-4)12-18-9-10-19(3)15-6-7-15/h5,8,11,13,15,18H,6-7,9-10,12H2,1-4H3. The van der Waals surface area contributed by atoms with Crippen LogP contribution in [0.2, 0.25) is 0 Å². The van der Waals surface area contributed by atoms with Crippen molar-refractivity contribution in [1.29, 1.82) is 0 Å². The number of rotatable bonds is 9. The second-order valence-corrected chi connectivity index (χ2v) is 6.04. The maximum Gasteiger partial charge on any atom is 0.161 e. The third-order valence-electron chi connectivity index (χ3n) is 3.73. The quantitative estimate of drug-likeness (QED) is 0.710. The average molecular weight is 292 g/mol. The van der Waals surface area contributed by atoms with Gasteiger partial charge in [0.05, 0.1) is 13.2 Å². The largest absolute Gasteiger partial charge is 0.493 e. The molecule has 0 aliphatic heterocycles. The molecule has 0 aromatic heterocycles. The van der Waals surface area contributed by atoms with Crippen molar-refractivity contribution in [3.63, 3.8) is 0 Å². The zero-order chi connectivity index (χ0) is 15.2. The van der Waals surface area contributed by atoms with Crippen LogP contribution in [-0.2, 0) is 6.54 Å². The summed E-state index contributed by atoms with van der Waals surface area (Å²) in [7, 11) is 3.89. The number of methoxy groups -OCH3 is 1. The molecule has 1 fully saturated rings. The first-order chi connectivity index (χ1) is 10.1. The van der Waals surface area contributed by atoms with Gasteiger partial charge in [0.15, 0.2) is 11.5 Å². The maximum atomic E-state index is 5.73. The van der Waals surface area contributed by atoms with Gasteiger partial charge in [-0.05, 0) is 51.4 Å². The minimum atomic E-state index is 0.154. The summed E-state index contributed by atoms with van der Waals surface area (Å²) in [6.45, 7) is 7.02. The van der Waals surface area contributed by atoms with Crippen molar-refractivity contribution in [2.75, 3.05) is 27.2 Å². The SMILES string of the molecule is COc1cc(CNCCN(C)C2CC2)ccc1OC(C)C. The van der Waals surface area contributed by atoms with E-state index in [1.54, 1.807) is 7.11 Å². The average Bonchev–Trinajstić information content (AvgIpc) is 3.28. The van der Waals surface area contributed by atoms with Gasteiger partial charge in [-0.25, -0.2) is 0 Å². The lowest BCUT2D eigenvalue weighted by Gasteiger charge is -2.17. The van der Waals surface area contributed by atoms with Crippen LogP contribution < -0.4 is 14.8 Å². The van der Waals surface area contributed by atoms with Crippen molar-refractivity contribution in [3.8, 4) is 11.5 Å². The Morgan fingerprint density at radius 2 is 2.05 bits per heavy atom. The second-order valence-electron chi connectivity index (χ2n) is 6.04. The third-order valence-corrected chi connectivity index (χ3v) is 3.73. The summed E-state index contributed by atoms with van der Waals surface area (Å²) in [5.41, 5.74) is 1.22. The van der Waals surface area contributed by atoms with E-state index in [1.165, 1.54) is 18.4 Å². The molecule has 4 nitrogen and oxygen atoms in total. The van der Waals surface area contributed by atoms with Crippen LogP contribution in [0.25, 0.3) is 0 Å². The summed E-state index contributed by atoms with van der Waals surface area (Å²) < 4.78 is 11.1. The number of nitrogens with one attached hydrogen (secondary N) is 1. The van der Waals surface area contributed by atoms with Crippen LogP contribution in [0.1, 0.15) is 32.3 Å². The van der Waals surface area contributed by atoms with Gasteiger partial charge in [0.2, 0.25) is 0 Å². The van der Waals surface area contributed by atoms with E-state index >= 15 is 0 Å². The topological polar surface area (TPSA) is 33.7 Å². The fourth-order valence-electron chi connectivity index (χ4n) is 2.36. The first kappa shape index (κ1) is 16.1. The first-order valence-corrected chi connectivity index (χ1v) is 7.84. The van der Waals surface area contributed by atoms with E-state index in [4.69, 9.17) is 9.47 Å². The van der Waals surface area contributed by atoms with Crippen LogP contribution in [0.15, 0.2) is 18.2 Å². The molecule has 1 aliphatic carbocycles. The highest BCUT2D eigenvalue weighted by Gasteiger charge is 2.25. The van der Waals surface area contributed by atoms with E-state index in [1.807, 2.05) is 19.9 Å². The normalized spacial score (nSPS) is 14.8. The lowest BCUT2D eigenvalue weighted by Crippen LogP contribution is -2.30. The smallest absolute Gasteiger partial charge is 0.161 e. The van der Waals surface area contributed by atoms with Gasteiger partial charge in [0.1, 0.15) is 0 Å². The molecule has 2 rings (SSSR count). The van der Waals surface area contributed by atoms with Crippen molar-refractivity contribution in [2.45, 2.75) is 45.4 Å². The predicted molar refractivity (Wildman–Crippen MR) is 86.1 cm³/mol. The van der Waals surface area contributed by atoms with Crippen LogP contribution in [0.3, 0.4) is 0 Å². The summed E-state index contributed by atoms with van der Waals surface area (Å²) in [6, 6.07) is 6.97. The molecule has 0 spiro atoms. The van der Waals surface area contributed by atoms with Crippen LogP contribution >= 0.6 is 0 Å². The monoisotopic (exact) mass is 292 g/mol. The second kappa shape index (κ2) is 7.66. The van der Waals surface area contributed by atoms with Gasteiger partial charge in [0, 0.05) is 25.7 Å². The zero-order valence-corrected chi connectivity index (χ0v) is 13.7. The molecule has 0 bridgehead atoms. The van der Waals surface area contributed by atoms with Gasteiger partial charge in [-0.2, -0.15) is 0 Å². The fraction of sp³-hybridized carbons (Fsp3) is 0.647. The molecule has 0 radical (unpaired) electrons. The van der Waals surface area contributed by atoms with Gasteiger partial charge in [-0.3, -0.25) is 0 Å². The van der Waals surface area contributed by atoms with Crippen LogP contribution in [0, 0.1) is 0 Å². The third kappa shape index (κ3) is 5.21. The van der Waals surface area contributed by atoms with Gasteiger partial charge >= 0.3 is 0 Å². The lowest BCUT2D eigenvalue weighted by atomic mass is 10.2. The molecule has 0 atom stereocenters. The number of nitrogens with zero attached hydrogens (tertiary/aromatic N) is 1. The first-order valence-electron chi connectivity index (χ1n) is 7.84. The Labute approximate surface area is 128 Å². The minimum absolute atomic E-state index is 0.154. The number of ether oxygens (including phenoxy) is 2. The Balaban J connectivity index is 1.79. The molecular weight excluding hydrogens is 264 g/mol. The minimum Gasteiger partial charge on any atom is -0.493 e. The molecule has 1 aliphatic rings. The molecule has 0 unspecified atom stereocenters. The predicted octanol–water partition coefficient (Wildman–Crippen LogP) is 2.67. The Kier molecular flexibility index (Phi) is 5.88. The molecular formula is C17H28N2O2. The van der Waals surface area contributed by atoms with Crippen molar-refractivity contribution < 1.29 is 9.47 Å². The van der Waals surface area contributed by atoms with Crippen LogP contribution in [-0.4, -0.2) is 44.3 Å². The molecule has 1 aromatic rings. The Morgan fingerprint density at radius 3 is 2.67 bits per heavy atom. The molecule has 118 valence electrons. The highest BCUT2D eigenvalue weighted by Crippen LogP contribution is 2.29. The molecule has 0 saturated heterocycles. The molecule has 4 heteroatoms. The van der Waals surface area contributed by atoms with Gasteiger partial charge < -0.3 is 19.7 Å². The van der Waals surface area contributed by atoms with Crippen LogP contribution in [0.4, 0.5) is 0 Å². The summed E-state index contributed by atoms with van der Waals surface area (Å²) >= 11 is 0. The van der Waals surface area contributed by atoms with Gasteiger partial charge in [0.25, 0.3) is 0 Å². The summed E-state index contributed by atoms with van der Waals surface area (Å²) in [6.07, 6.45) is 2.89. The molecule has 1 N–H and O–H groups in total. The molecule has 0 heterocycles. The Hall–Kier alpha value is -1.26. The maximum absolute atomic E-state index is 5.73. The van der Waals surface area contributed by atoms with E-state index in [9.17, 15) is 0 Å². The number of likely N-dealkylation sites (N-methyl/N-ethyl adjacent to an activating group) is 1. The molecule has 1 saturated carbocycles. The molecule has 1 aromatic carbocycles. The van der Waals surface area contributed by atoms with Crippen molar-refractivity contribution in [2.24, 2.45) is 0 Å². The summed E-state index contributed by atoms with van der Waals surface area (Å²) in [4.78, 5) is 2.44. The molecule has 0 amide bonds. The van der Waals surface area contributed by atoms with Crippen molar-refractivity contribution in [3.05, 3.63) is 23.8 Å². The number of hydrogen-bond donors (Lipinski definition) is 1. The van der Waals surface area contributed by atoms with Gasteiger partial charge in [-0.1, -0.05) is 6.07 Å². The van der Waals surface area contributed by atoms with Crippen molar-refractivity contribution >= 4 is 0 Å². The zero-order valence-electron chi connectivity index (χ0n) is 13.7. The Morgan fingerprint density at radius 1 is 1.29 bits per heavy atom. The highest BCUT2D eigenvalue weighted by molar-refractivity contribution is 5.43. The fourth-order valence-corrected chi connectivity index (χ4v) is 2.36. The lowest BCUT2D eigenvalue weighted by molar-refractivity contribution is 0.230. The Bertz CT molecular complexity index is 444. The van der Waals surface area contributed by atoms with E-state index < -0.39 is 0 Å². The highest BCUT2D eigenvalue weighted by atomic mass is 16.5. The number of hydrogen-bond acceptors (Lipinski definition) is 4. The van der Waals surface area contributed by atoms with Gasteiger partial charge in [-0.15, -0.1) is 0 Å². The van der Waals surface area contributed by atoms with E-state index in [0.29, 0.717) is 0 Å². The van der Waals surface area contributed by atoms with E-state index in [-0.39, 0.29) is 6.10 Å². The summed E-state index contributed by atoms with van der Waals surface area (Å²) in [5.74, 6) is 1.61. The van der Waals surface area contributed by atoms with E-state index in [0.717, 1.165) is 37.2 Å². The van der Waals surface area contributed by atoms with Crippen molar-refractivity contribution in [1.82, 2.24) is 10.2 Å². The summed E-state index contributed by atoms with van der Waals surface area (Å²) in [5, 5.41) is 3.49.